The third-order valence-electron chi connectivity index (χ3n) is 2.32. The second kappa shape index (κ2) is 3.66. The molecule has 0 aliphatic carbocycles. The van der Waals surface area contributed by atoms with Gasteiger partial charge in [-0.05, 0) is 17.7 Å². The highest BCUT2D eigenvalue weighted by Crippen LogP contribution is 2.30. The summed E-state index contributed by atoms with van der Waals surface area (Å²) >= 11 is 0. The van der Waals surface area contributed by atoms with Gasteiger partial charge in [-0.2, -0.15) is 13.2 Å². The molecule has 0 N–H and O–H groups in total. The molecule has 0 saturated heterocycles. The average Bonchev–Trinajstić information content (AvgIpc) is 2.63. The lowest BCUT2D eigenvalue weighted by atomic mass is 10.1. The normalized spacial score (nSPS) is 11.8. The third-order valence-corrected chi connectivity index (χ3v) is 2.32. The van der Waals surface area contributed by atoms with Crippen LogP contribution in [0.2, 0.25) is 0 Å². The highest BCUT2D eigenvalue weighted by molar-refractivity contribution is 5.59. The Morgan fingerprint density at radius 3 is 2.19 bits per heavy atom. The van der Waals surface area contributed by atoms with E-state index in [-0.39, 0.29) is 0 Å². The number of benzene rings is 1. The summed E-state index contributed by atoms with van der Waals surface area (Å²) in [7, 11) is 1.79. The Morgan fingerprint density at radius 1 is 1.12 bits per heavy atom. The van der Waals surface area contributed by atoms with E-state index in [9.17, 15) is 13.2 Å². The monoisotopic (exact) mass is 226 g/mol. The van der Waals surface area contributed by atoms with E-state index >= 15 is 0 Å². The Kier molecular flexibility index (Phi) is 2.46. The van der Waals surface area contributed by atoms with Crippen molar-refractivity contribution in [2.75, 3.05) is 0 Å². The van der Waals surface area contributed by atoms with Crippen molar-refractivity contribution in [2.45, 2.75) is 6.18 Å². The number of alkyl halides is 3. The molecule has 0 saturated carbocycles. The lowest BCUT2D eigenvalue weighted by Crippen LogP contribution is -2.04. The number of hydrogen-bond donors (Lipinski definition) is 0. The fourth-order valence-electron chi connectivity index (χ4n) is 1.47. The van der Waals surface area contributed by atoms with Crippen molar-refractivity contribution < 1.29 is 13.2 Å². The van der Waals surface area contributed by atoms with Gasteiger partial charge in [0.15, 0.2) is 0 Å². The van der Waals surface area contributed by atoms with E-state index in [4.69, 9.17) is 0 Å². The van der Waals surface area contributed by atoms with Crippen LogP contribution in [-0.2, 0) is 13.2 Å². The Labute approximate surface area is 90.4 Å². The minimum atomic E-state index is -4.29. The zero-order chi connectivity index (χ0) is 11.8. The number of rotatable bonds is 1. The Bertz CT molecular complexity index is 483. The van der Waals surface area contributed by atoms with Crippen LogP contribution in [-0.4, -0.2) is 9.55 Å². The van der Waals surface area contributed by atoms with Crippen LogP contribution < -0.4 is 0 Å². The first-order valence-electron chi connectivity index (χ1n) is 4.62. The number of aryl methyl sites for hydroxylation is 1. The number of hydrogen-bond acceptors (Lipinski definition) is 1. The molecule has 0 spiro atoms. The standard InChI is InChI=1S/C11H9F3N2/c1-16-7-15-6-10(16)8-2-4-9(5-3-8)11(12,13)14/h2-7H,1H3. The maximum Gasteiger partial charge on any atom is 0.416 e. The summed E-state index contributed by atoms with van der Waals surface area (Å²) in [6, 6.07) is 5.03. The molecule has 0 atom stereocenters. The Balaban J connectivity index is 2.37. The molecule has 0 unspecified atom stereocenters. The van der Waals surface area contributed by atoms with Crippen LogP contribution in [0, 0.1) is 0 Å². The maximum atomic E-state index is 12.3. The maximum absolute atomic E-state index is 12.3. The van der Waals surface area contributed by atoms with E-state index in [1.165, 1.54) is 12.1 Å². The van der Waals surface area contributed by atoms with Gasteiger partial charge in [0.1, 0.15) is 0 Å². The van der Waals surface area contributed by atoms with Crippen LogP contribution in [0.15, 0.2) is 36.8 Å². The van der Waals surface area contributed by atoms with Crippen molar-refractivity contribution in [3.8, 4) is 11.3 Å². The molecule has 0 radical (unpaired) electrons. The van der Waals surface area contributed by atoms with E-state index in [1.807, 2.05) is 0 Å². The van der Waals surface area contributed by atoms with Crippen LogP contribution in [0.5, 0.6) is 0 Å². The van der Waals surface area contributed by atoms with Gasteiger partial charge >= 0.3 is 6.18 Å². The van der Waals surface area contributed by atoms with Crippen molar-refractivity contribution >= 4 is 0 Å². The number of halogens is 3. The van der Waals surface area contributed by atoms with Gasteiger partial charge in [0, 0.05) is 7.05 Å². The van der Waals surface area contributed by atoms with Crippen LogP contribution in [0.1, 0.15) is 5.56 Å². The van der Waals surface area contributed by atoms with E-state index in [2.05, 4.69) is 4.98 Å². The lowest BCUT2D eigenvalue weighted by Gasteiger charge is -2.07. The zero-order valence-electron chi connectivity index (χ0n) is 8.49. The summed E-state index contributed by atoms with van der Waals surface area (Å²) in [6.45, 7) is 0. The summed E-state index contributed by atoms with van der Waals surface area (Å²) in [4.78, 5) is 3.91. The minimum Gasteiger partial charge on any atom is -0.334 e. The molecule has 1 aromatic heterocycles. The molecule has 1 aromatic carbocycles. The van der Waals surface area contributed by atoms with Gasteiger partial charge in [0.25, 0.3) is 0 Å². The fourth-order valence-corrected chi connectivity index (χ4v) is 1.47. The van der Waals surface area contributed by atoms with Gasteiger partial charge in [0.2, 0.25) is 0 Å². The Hall–Kier alpha value is -1.78. The first-order valence-corrected chi connectivity index (χ1v) is 4.62. The van der Waals surface area contributed by atoms with Gasteiger partial charge in [-0.15, -0.1) is 0 Å². The smallest absolute Gasteiger partial charge is 0.334 e. The van der Waals surface area contributed by atoms with Gasteiger partial charge in [-0.1, -0.05) is 12.1 Å². The molecule has 5 heteroatoms. The molecule has 2 rings (SSSR count). The molecule has 2 nitrogen and oxygen atoms in total. The predicted octanol–water partition coefficient (Wildman–Crippen LogP) is 3.11. The summed E-state index contributed by atoms with van der Waals surface area (Å²) in [5, 5.41) is 0. The first-order chi connectivity index (χ1) is 7.48. The van der Waals surface area contributed by atoms with E-state index < -0.39 is 11.7 Å². The van der Waals surface area contributed by atoms with Crippen molar-refractivity contribution in [2.24, 2.45) is 7.05 Å². The number of aromatic nitrogens is 2. The Morgan fingerprint density at radius 2 is 1.75 bits per heavy atom. The predicted molar refractivity (Wildman–Crippen MR) is 53.6 cm³/mol. The number of nitrogens with zero attached hydrogens (tertiary/aromatic N) is 2. The summed E-state index contributed by atoms with van der Waals surface area (Å²) in [5.74, 6) is 0. The first kappa shape index (κ1) is 10.7. The van der Waals surface area contributed by atoms with Crippen LogP contribution in [0.3, 0.4) is 0 Å². The SMILES string of the molecule is Cn1cncc1-c1ccc(C(F)(F)F)cc1. The largest absolute Gasteiger partial charge is 0.416 e. The topological polar surface area (TPSA) is 17.8 Å². The van der Waals surface area contributed by atoms with E-state index in [0.29, 0.717) is 5.56 Å². The van der Waals surface area contributed by atoms with E-state index in [0.717, 1.165) is 17.8 Å². The molecule has 84 valence electrons. The van der Waals surface area contributed by atoms with E-state index in [1.54, 1.807) is 24.1 Å². The average molecular weight is 226 g/mol. The molecule has 1 heterocycles. The summed E-state index contributed by atoms with van der Waals surface area (Å²) < 4.78 is 38.7. The van der Waals surface area contributed by atoms with Crippen LogP contribution in [0.4, 0.5) is 13.2 Å². The van der Waals surface area contributed by atoms with Gasteiger partial charge in [-0.25, -0.2) is 4.98 Å². The van der Waals surface area contributed by atoms with Crippen molar-refractivity contribution in [3.05, 3.63) is 42.4 Å². The molecular formula is C11H9F3N2. The van der Waals surface area contributed by atoms with Crippen molar-refractivity contribution in [1.82, 2.24) is 9.55 Å². The summed E-state index contributed by atoms with van der Waals surface area (Å²) in [6.07, 6.45) is -1.07. The highest BCUT2D eigenvalue weighted by Gasteiger charge is 2.29. The van der Waals surface area contributed by atoms with Gasteiger partial charge in [0.05, 0.1) is 23.8 Å². The molecule has 0 aliphatic rings. The molecule has 2 aromatic rings. The number of imidazole rings is 1. The highest BCUT2D eigenvalue weighted by atomic mass is 19.4. The molecule has 0 fully saturated rings. The summed E-state index contributed by atoms with van der Waals surface area (Å²) in [5.41, 5.74) is 0.861. The molecule has 16 heavy (non-hydrogen) atoms. The molecule has 0 amide bonds. The van der Waals surface area contributed by atoms with Gasteiger partial charge in [-0.3, -0.25) is 0 Å². The van der Waals surface area contributed by atoms with Crippen molar-refractivity contribution in [1.29, 1.82) is 0 Å². The second-order valence-corrected chi connectivity index (χ2v) is 3.46. The van der Waals surface area contributed by atoms with Gasteiger partial charge < -0.3 is 4.57 Å². The van der Waals surface area contributed by atoms with Crippen LogP contribution >= 0.6 is 0 Å². The van der Waals surface area contributed by atoms with Crippen LogP contribution in [0.25, 0.3) is 11.3 Å². The second-order valence-electron chi connectivity index (χ2n) is 3.46. The van der Waals surface area contributed by atoms with Crippen molar-refractivity contribution in [3.63, 3.8) is 0 Å². The molecule has 0 bridgehead atoms. The zero-order valence-corrected chi connectivity index (χ0v) is 8.49. The quantitative estimate of drug-likeness (QED) is 0.730. The lowest BCUT2D eigenvalue weighted by molar-refractivity contribution is -0.137. The third kappa shape index (κ3) is 1.93. The minimum absolute atomic E-state index is 0.640. The fraction of sp³-hybridized carbons (Fsp3) is 0.182. The molecular weight excluding hydrogens is 217 g/mol. The molecule has 0 aliphatic heterocycles.